The Morgan fingerprint density at radius 3 is 3.26 bits per heavy atom. The first kappa shape index (κ1) is 12.1. The van der Waals surface area contributed by atoms with Gasteiger partial charge in [0.2, 0.25) is 0 Å². The molecule has 1 aliphatic heterocycles. The van der Waals surface area contributed by atoms with Gasteiger partial charge in [0.1, 0.15) is 5.69 Å². The molecule has 6 heteroatoms. The van der Waals surface area contributed by atoms with Gasteiger partial charge in [0.05, 0.1) is 24.5 Å². The van der Waals surface area contributed by atoms with Crippen LogP contribution in [-0.4, -0.2) is 26.4 Å². The van der Waals surface area contributed by atoms with E-state index in [0.29, 0.717) is 31.0 Å². The molecule has 0 aliphatic carbocycles. The fourth-order valence-corrected chi connectivity index (χ4v) is 2.29. The van der Waals surface area contributed by atoms with E-state index >= 15 is 0 Å². The van der Waals surface area contributed by atoms with E-state index in [1.807, 2.05) is 10.7 Å². The molecule has 0 aromatic carbocycles. The number of rotatable bonds is 3. The summed E-state index contributed by atoms with van der Waals surface area (Å²) in [5, 5.41) is 4.25. The average molecular weight is 260 g/mol. The smallest absolute Gasteiger partial charge is 0.256 e. The van der Waals surface area contributed by atoms with Crippen molar-refractivity contribution in [3.05, 3.63) is 33.9 Å². The lowest BCUT2D eigenvalue weighted by atomic mass is 10.1. The molecular formula is C13H16N4O2. The number of aromatic nitrogens is 4. The second kappa shape index (κ2) is 4.97. The highest BCUT2D eigenvalue weighted by atomic mass is 16.5. The van der Waals surface area contributed by atoms with Gasteiger partial charge in [-0.1, -0.05) is 6.92 Å². The molecule has 0 radical (unpaired) electrons. The summed E-state index contributed by atoms with van der Waals surface area (Å²) in [6, 6.07) is 1.87. The summed E-state index contributed by atoms with van der Waals surface area (Å²) in [4.78, 5) is 19.4. The zero-order valence-corrected chi connectivity index (χ0v) is 10.8. The van der Waals surface area contributed by atoms with E-state index in [2.05, 4.69) is 22.0 Å². The van der Waals surface area contributed by atoms with Gasteiger partial charge in [-0.3, -0.25) is 9.48 Å². The van der Waals surface area contributed by atoms with Crippen molar-refractivity contribution in [3.63, 3.8) is 0 Å². The van der Waals surface area contributed by atoms with Gasteiger partial charge < -0.3 is 9.72 Å². The molecule has 6 nitrogen and oxygen atoms in total. The van der Waals surface area contributed by atoms with Gasteiger partial charge in [0, 0.05) is 19.2 Å². The van der Waals surface area contributed by atoms with Crippen molar-refractivity contribution in [2.24, 2.45) is 0 Å². The van der Waals surface area contributed by atoms with Gasteiger partial charge in [-0.15, -0.1) is 0 Å². The third-order valence-corrected chi connectivity index (χ3v) is 3.23. The van der Waals surface area contributed by atoms with Crippen LogP contribution in [0.2, 0.25) is 0 Å². The summed E-state index contributed by atoms with van der Waals surface area (Å²) in [7, 11) is 0. The molecule has 0 atom stereocenters. The van der Waals surface area contributed by atoms with Gasteiger partial charge in [-0.25, -0.2) is 4.98 Å². The monoisotopic (exact) mass is 260 g/mol. The van der Waals surface area contributed by atoms with Crippen molar-refractivity contribution in [2.45, 2.75) is 32.9 Å². The minimum absolute atomic E-state index is 0.107. The van der Waals surface area contributed by atoms with E-state index < -0.39 is 0 Å². The highest BCUT2D eigenvalue weighted by Crippen LogP contribution is 2.17. The van der Waals surface area contributed by atoms with Crippen LogP contribution >= 0.6 is 0 Å². The van der Waals surface area contributed by atoms with Crippen molar-refractivity contribution in [1.82, 2.24) is 19.7 Å². The van der Waals surface area contributed by atoms with Crippen LogP contribution in [0.25, 0.3) is 11.5 Å². The van der Waals surface area contributed by atoms with Crippen molar-refractivity contribution in [1.29, 1.82) is 0 Å². The average Bonchev–Trinajstić information content (AvgIpc) is 2.87. The molecule has 2 aromatic heterocycles. The van der Waals surface area contributed by atoms with E-state index in [-0.39, 0.29) is 5.56 Å². The molecule has 0 saturated heterocycles. The Balaban J connectivity index is 2.08. The standard InChI is InChI=1S/C13H16N4O2/c1-2-6-17-11(3-5-14-17)12-15-10-4-7-19-8-9(10)13(18)16-12/h3,5H,2,4,6-8H2,1H3,(H,15,16,18). The minimum atomic E-state index is -0.107. The Kier molecular flexibility index (Phi) is 3.16. The highest BCUT2D eigenvalue weighted by Gasteiger charge is 2.17. The van der Waals surface area contributed by atoms with Crippen LogP contribution in [0.5, 0.6) is 0 Å². The van der Waals surface area contributed by atoms with Crippen molar-refractivity contribution in [2.75, 3.05) is 6.61 Å². The van der Waals surface area contributed by atoms with Crippen molar-refractivity contribution >= 4 is 0 Å². The highest BCUT2D eigenvalue weighted by molar-refractivity contribution is 5.49. The van der Waals surface area contributed by atoms with Crippen LogP contribution in [0.3, 0.4) is 0 Å². The fourth-order valence-electron chi connectivity index (χ4n) is 2.29. The lowest BCUT2D eigenvalue weighted by Gasteiger charge is -2.15. The number of ether oxygens (including phenoxy) is 1. The zero-order valence-electron chi connectivity index (χ0n) is 10.8. The van der Waals surface area contributed by atoms with Gasteiger partial charge in [0.15, 0.2) is 5.82 Å². The predicted molar refractivity (Wildman–Crippen MR) is 69.7 cm³/mol. The molecule has 1 aliphatic rings. The number of fused-ring (bicyclic) bond motifs is 1. The Hall–Kier alpha value is -1.95. The van der Waals surface area contributed by atoms with E-state index in [1.54, 1.807) is 6.20 Å². The molecule has 0 amide bonds. The van der Waals surface area contributed by atoms with Crippen LogP contribution in [-0.2, 0) is 24.3 Å². The van der Waals surface area contributed by atoms with Gasteiger partial charge in [0.25, 0.3) is 5.56 Å². The third-order valence-electron chi connectivity index (χ3n) is 3.23. The van der Waals surface area contributed by atoms with Crippen LogP contribution in [0.4, 0.5) is 0 Å². The number of H-pyrrole nitrogens is 1. The molecule has 2 aromatic rings. The van der Waals surface area contributed by atoms with Crippen molar-refractivity contribution < 1.29 is 4.74 Å². The van der Waals surface area contributed by atoms with Crippen molar-refractivity contribution in [3.8, 4) is 11.5 Å². The number of nitrogens with one attached hydrogen (secondary N) is 1. The number of hydrogen-bond acceptors (Lipinski definition) is 4. The Labute approximate surface area is 110 Å². The van der Waals surface area contributed by atoms with E-state index in [4.69, 9.17) is 4.74 Å². The largest absolute Gasteiger partial charge is 0.376 e. The minimum Gasteiger partial charge on any atom is -0.376 e. The summed E-state index contributed by atoms with van der Waals surface area (Å²) >= 11 is 0. The summed E-state index contributed by atoms with van der Waals surface area (Å²) < 4.78 is 7.16. The Bertz CT molecular complexity index is 644. The van der Waals surface area contributed by atoms with E-state index in [0.717, 1.165) is 24.4 Å². The molecule has 100 valence electrons. The van der Waals surface area contributed by atoms with E-state index in [1.165, 1.54) is 0 Å². The normalized spacial score (nSPS) is 14.4. The van der Waals surface area contributed by atoms with Gasteiger partial charge in [-0.2, -0.15) is 5.10 Å². The van der Waals surface area contributed by atoms with Gasteiger partial charge >= 0.3 is 0 Å². The number of hydrogen-bond donors (Lipinski definition) is 1. The molecule has 3 rings (SSSR count). The molecule has 0 saturated carbocycles. The quantitative estimate of drug-likeness (QED) is 0.897. The third kappa shape index (κ3) is 2.19. The molecule has 3 heterocycles. The molecule has 1 N–H and O–H groups in total. The topological polar surface area (TPSA) is 72.8 Å². The Morgan fingerprint density at radius 1 is 1.53 bits per heavy atom. The summed E-state index contributed by atoms with van der Waals surface area (Å²) in [6.07, 6.45) is 3.40. The molecule has 0 fully saturated rings. The summed E-state index contributed by atoms with van der Waals surface area (Å²) in [5.41, 5.74) is 2.24. The number of aromatic amines is 1. The molecule has 0 spiro atoms. The SMILES string of the molecule is CCCn1nccc1-c1nc2c(c(=O)[nH]1)COCC2. The lowest BCUT2D eigenvalue weighted by molar-refractivity contribution is 0.108. The maximum atomic E-state index is 12.0. The molecule has 0 bridgehead atoms. The lowest BCUT2D eigenvalue weighted by Crippen LogP contribution is -2.24. The number of aryl methyl sites for hydroxylation is 1. The second-order valence-corrected chi connectivity index (χ2v) is 4.58. The molecule has 0 unspecified atom stereocenters. The van der Waals surface area contributed by atoms with E-state index in [9.17, 15) is 4.79 Å². The Morgan fingerprint density at radius 2 is 2.42 bits per heavy atom. The maximum Gasteiger partial charge on any atom is 0.256 e. The summed E-state index contributed by atoms with van der Waals surface area (Å²) in [5.74, 6) is 0.594. The fraction of sp³-hybridized carbons (Fsp3) is 0.462. The molecular weight excluding hydrogens is 244 g/mol. The predicted octanol–water partition coefficient (Wildman–Crippen LogP) is 1.12. The zero-order chi connectivity index (χ0) is 13.2. The van der Waals surface area contributed by atoms with Crippen LogP contribution in [0.1, 0.15) is 24.6 Å². The van der Waals surface area contributed by atoms with Gasteiger partial charge in [-0.05, 0) is 12.5 Å². The maximum absolute atomic E-state index is 12.0. The first-order valence-corrected chi connectivity index (χ1v) is 6.51. The first-order valence-electron chi connectivity index (χ1n) is 6.51. The van der Waals surface area contributed by atoms with Crippen LogP contribution in [0.15, 0.2) is 17.1 Å². The van der Waals surface area contributed by atoms with Crippen LogP contribution < -0.4 is 5.56 Å². The summed E-state index contributed by atoms with van der Waals surface area (Å²) in [6.45, 7) is 3.88. The van der Waals surface area contributed by atoms with Crippen LogP contribution in [0, 0.1) is 0 Å². The molecule has 19 heavy (non-hydrogen) atoms. The second-order valence-electron chi connectivity index (χ2n) is 4.58. The number of nitrogens with zero attached hydrogens (tertiary/aromatic N) is 3. The first-order chi connectivity index (χ1) is 9.29.